The maximum atomic E-state index is 10.9. The van der Waals surface area contributed by atoms with Gasteiger partial charge in [-0.2, -0.15) is 0 Å². The highest BCUT2D eigenvalue weighted by molar-refractivity contribution is 8.34. The van der Waals surface area contributed by atoms with E-state index in [0.717, 1.165) is 30.0 Å². The first-order chi connectivity index (χ1) is 5.57. The lowest BCUT2D eigenvalue weighted by atomic mass is 10.6. The van der Waals surface area contributed by atoms with Gasteiger partial charge in [0.1, 0.15) is 4.24 Å². The molecule has 0 saturated carbocycles. The Kier molecular flexibility index (Phi) is 1.85. The van der Waals surface area contributed by atoms with E-state index in [1.54, 1.807) is 4.90 Å². The van der Waals surface area contributed by atoms with Gasteiger partial charge in [0, 0.05) is 23.4 Å². The second kappa shape index (κ2) is 2.65. The number of fused-ring (bicyclic) bond motifs is 1. The van der Waals surface area contributed by atoms with Gasteiger partial charge in [0.2, 0.25) is 0 Å². The van der Waals surface area contributed by atoms with Gasteiger partial charge in [-0.15, -0.1) is 0 Å². The Labute approximate surface area is 78.7 Å². The summed E-state index contributed by atoms with van der Waals surface area (Å²) in [6.07, 6.45) is 1.53. The van der Waals surface area contributed by atoms with Crippen LogP contribution in [0, 0.1) is 0 Å². The molecule has 0 aromatic rings. The molecule has 2 aliphatic rings. The highest BCUT2D eigenvalue weighted by Gasteiger charge is 2.30. The fourth-order valence-corrected chi connectivity index (χ4v) is 3.06. The van der Waals surface area contributed by atoms with Crippen molar-refractivity contribution in [2.45, 2.75) is 0 Å². The summed E-state index contributed by atoms with van der Waals surface area (Å²) in [5.74, 6) is 0. The van der Waals surface area contributed by atoms with E-state index in [-0.39, 0.29) is 4.24 Å². The van der Waals surface area contributed by atoms with Gasteiger partial charge in [0.25, 0.3) is 9.05 Å². The smallest absolute Gasteiger partial charge is 0.269 e. The molecular weight excluding hydrogens is 220 g/mol. The van der Waals surface area contributed by atoms with Crippen LogP contribution in [-0.2, 0) is 9.05 Å². The average Bonchev–Trinajstić information content (AvgIpc) is 2.37. The third-order valence-corrected chi connectivity index (χ3v) is 4.65. The maximum absolute atomic E-state index is 10.9. The quantitative estimate of drug-likeness (QED) is 0.618. The third-order valence-electron chi connectivity index (χ3n) is 1.53. The molecule has 0 N–H and O–H groups in total. The van der Waals surface area contributed by atoms with Crippen LogP contribution in [-0.4, -0.2) is 31.6 Å². The second-order valence-electron chi connectivity index (χ2n) is 2.35. The number of hydrogen-bond donors (Lipinski definition) is 0. The molecule has 2 rings (SSSR count). The minimum absolute atomic E-state index is 0.169. The van der Waals surface area contributed by atoms with Gasteiger partial charge in [0.05, 0.1) is 6.54 Å². The van der Waals surface area contributed by atoms with Crippen molar-refractivity contribution in [3.8, 4) is 0 Å². The zero-order valence-electron chi connectivity index (χ0n) is 5.90. The van der Waals surface area contributed by atoms with Gasteiger partial charge in [-0.3, -0.25) is 4.99 Å². The van der Waals surface area contributed by atoms with Crippen molar-refractivity contribution in [3.63, 3.8) is 0 Å². The van der Waals surface area contributed by atoms with Crippen LogP contribution >= 0.6 is 22.4 Å². The number of amidine groups is 1. The fourth-order valence-electron chi connectivity index (χ4n) is 1.01. The van der Waals surface area contributed by atoms with Gasteiger partial charge in [-0.05, 0) is 11.8 Å². The van der Waals surface area contributed by atoms with Crippen molar-refractivity contribution in [1.82, 2.24) is 4.90 Å². The first-order valence-corrected chi connectivity index (χ1v) is 6.35. The van der Waals surface area contributed by atoms with Crippen LogP contribution in [0.3, 0.4) is 0 Å². The van der Waals surface area contributed by atoms with Crippen LogP contribution in [0.4, 0.5) is 0 Å². The molecule has 0 unspecified atom stereocenters. The highest BCUT2D eigenvalue weighted by atomic mass is 35.7. The molecule has 0 saturated heterocycles. The Morgan fingerprint density at radius 3 is 3.00 bits per heavy atom. The zero-order chi connectivity index (χ0) is 8.77. The van der Waals surface area contributed by atoms with Crippen molar-refractivity contribution in [1.29, 1.82) is 0 Å². The van der Waals surface area contributed by atoms with Gasteiger partial charge < -0.3 is 4.90 Å². The summed E-state index contributed by atoms with van der Waals surface area (Å²) in [6, 6.07) is 0. The number of aliphatic imine (C=N–C) groups is 1. The molecule has 0 aromatic heterocycles. The molecule has 2 aliphatic heterocycles. The van der Waals surface area contributed by atoms with Crippen molar-refractivity contribution in [2.75, 3.05) is 13.1 Å². The average molecular weight is 225 g/mol. The van der Waals surface area contributed by atoms with Crippen molar-refractivity contribution < 1.29 is 8.42 Å². The Morgan fingerprint density at radius 2 is 2.42 bits per heavy atom. The van der Waals surface area contributed by atoms with Crippen LogP contribution in [0.25, 0.3) is 0 Å². The lowest BCUT2D eigenvalue weighted by molar-refractivity contribution is 0.610. The first kappa shape index (κ1) is 8.40. The molecule has 0 aliphatic carbocycles. The van der Waals surface area contributed by atoms with Gasteiger partial charge in [-0.25, -0.2) is 8.42 Å². The molecule has 0 bridgehead atoms. The lowest BCUT2D eigenvalue weighted by Gasteiger charge is -2.03. The zero-order valence-corrected chi connectivity index (χ0v) is 8.29. The molecule has 2 heterocycles. The van der Waals surface area contributed by atoms with E-state index in [2.05, 4.69) is 4.99 Å². The van der Waals surface area contributed by atoms with Crippen LogP contribution in [0.1, 0.15) is 0 Å². The monoisotopic (exact) mass is 224 g/mol. The topological polar surface area (TPSA) is 49.7 Å². The Morgan fingerprint density at radius 1 is 1.67 bits per heavy atom. The summed E-state index contributed by atoms with van der Waals surface area (Å²) >= 11 is 1.11. The Balaban J connectivity index is 2.31. The molecule has 12 heavy (non-hydrogen) atoms. The lowest BCUT2D eigenvalue weighted by Crippen LogP contribution is -2.14. The summed E-state index contributed by atoms with van der Waals surface area (Å²) in [6.45, 7) is 1.48. The second-order valence-corrected chi connectivity index (χ2v) is 6.15. The summed E-state index contributed by atoms with van der Waals surface area (Å²) in [7, 11) is 1.58. The third kappa shape index (κ3) is 1.34. The van der Waals surface area contributed by atoms with Crippen molar-refractivity contribution in [3.05, 3.63) is 10.4 Å². The molecule has 0 amide bonds. The SMILES string of the molecule is O=S(=O)(Cl)C1=CN2CCN=C2S1. The molecule has 7 heteroatoms. The van der Waals surface area contributed by atoms with E-state index in [1.165, 1.54) is 6.20 Å². The van der Waals surface area contributed by atoms with E-state index in [4.69, 9.17) is 10.7 Å². The standard InChI is InChI=1S/C5H5ClN2O2S2/c6-12(9,10)4-3-8-2-1-7-5(8)11-4/h3H,1-2H2. The van der Waals surface area contributed by atoms with Crippen LogP contribution < -0.4 is 0 Å². The molecule has 0 radical (unpaired) electrons. The van der Waals surface area contributed by atoms with E-state index in [9.17, 15) is 8.42 Å². The minimum atomic E-state index is -3.57. The summed E-state index contributed by atoms with van der Waals surface area (Å²) in [5, 5.41) is 0.731. The minimum Gasteiger partial charge on any atom is -0.324 e. The number of nitrogens with zero attached hydrogens (tertiary/aromatic N) is 2. The van der Waals surface area contributed by atoms with Gasteiger partial charge in [-0.1, -0.05) is 0 Å². The summed E-state index contributed by atoms with van der Waals surface area (Å²) in [4.78, 5) is 5.88. The van der Waals surface area contributed by atoms with Crippen molar-refractivity contribution in [2.24, 2.45) is 4.99 Å². The predicted molar refractivity (Wildman–Crippen MR) is 49.5 cm³/mol. The maximum Gasteiger partial charge on any atom is 0.269 e. The molecule has 0 fully saturated rings. The molecule has 66 valence electrons. The predicted octanol–water partition coefficient (Wildman–Crippen LogP) is 0.772. The summed E-state index contributed by atoms with van der Waals surface area (Å²) < 4.78 is 21.9. The highest BCUT2D eigenvalue weighted by Crippen LogP contribution is 2.35. The normalized spacial score (nSPS) is 22.2. The molecule has 0 aromatic carbocycles. The van der Waals surface area contributed by atoms with Gasteiger partial charge in [0.15, 0.2) is 5.17 Å². The summed E-state index contributed by atoms with van der Waals surface area (Å²) in [5.41, 5.74) is 0. The van der Waals surface area contributed by atoms with Crippen LogP contribution in [0.5, 0.6) is 0 Å². The van der Waals surface area contributed by atoms with E-state index in [0.29, 0.717) is 0 Å². The Hall–Kier alpha value is -0.200. The number of halogens is 1. The van der Waals surface area contributed by atoms with Crippen molar-refractivity contribution >= 4 is 36.7 Å². The van der Waals surface area contributed by atoms with Crippen LogP contribution in [0.15, 0.2) is 15.4 Å². The van der Waals surface area contributed by atoms with E-state index < -0.39 is 9.05 Å². The first-order valence-electron chi connectivity index (χ1n) is 3.23. The molecule has 0 atom stereocenters. The largest absolute Gasteiger partial charge is 0.324 e. The molecule has 4 nitrogen and oxygen atoms in total. The molecular formula is C5H5ClN2O2S2. The van der Waals surface area contributed by atoms with Gasteiger partial charge >= 0.3 is 0 Å². The number of rotatable bonds is 1. The number of hydrogen-bond acceptors (Lipinski definition) is 5. The number of thioether (sulfide) groups is 1. The Bertz CT molecular complexity index is 373. The fraction of sp³-hybridized carbons (Fsp3) is 0.400. The van der Waals surface area contributed by atoms with Crippen LogP contribution in [0.2, 0.25) is 0 Å². The molecule has 0 spiro atoms. The van der Waals surface area contributed by atoms with E-state index >= 15 is 0 Å². The van der Waals surface area contributed by atoms with E-state index in [1.807, 2.05) is 0 Å².